The van der Waals surface area contributed by atoms with Crippen LogP contribution in [0.1, 0.15) is 47.6 Å². The molecule has 2 atom stereocenters. The van der Waals surface area contributed by atoms with Crippen LogP contribution in [0.2, 0.25) is 0 Å². The first-order chi connectivity index (χ1) is 12.4. The molecule has 0 N–H and O–H groups in total. The maximum atomic E-state index is 11.8. The molecular weight excluding hydrogens is 346 g/mol. The van der Waals surface area contributed by atoms with Crippen molar-refractivity contribution >= 4 is 10.0 Å². The van der Waals surface area contributed by atoms with Crippen LogP contribution in [0.5, 0.6) is 0 Å². The topological polar surface area (TPSA) is 46.6 Å². The van der Waals surface area contributed by atoms with E-state index < -0.39 is 10.0 Å². The van der Waals surface area contributed by atoms with Crippen molar-refractivity contribution in [3.63, 3.8) is 0 Å². The third-order valence-corrected chi connectivity index (χ3v) is 6.53. The Hall–Kier alpha value is -1.69. The number of hydrogen-bond donors (Lipinski definition) is 0. The predicted octanol–water partition coefficient (Wildman–Crippen LogP) is 3.73. The largest absolute Gasteiger partial charge is 0.369 e. The molecule has 2 aromatic rings. The van der Waals surface area contributed by atoms with Gasteiger partial charge in [0.05, 0.1) is 6.26 Å². The Balaban J connectivity index is 1.99. The lowest BCUT2D eigenvalue weighted by atomic mass is 9.88. The maximum absolute atomic E-state index is 11.8. The summed E-state index contributed by atoms with van der Waals surface area (Å²) in [4.78, 5) is 0. The minimum atomic E-state index is -3.16. The van der Waals surface area contributed by atoms with E-state index in [9.17, 15) is 8.42 Å². The summed E-state index contributed by atoms with van der Waals surface area (Å²) in [5.74, 6) is 0.266. The Morgan fingerprint density at radius 1 is 1.04 bits per heavy atom. The van der Waals surface area contributed by atoms with E-state index >= 15 is 0 Å². The van der Waals surface area contributed by atoms with Gasteiger partial charge in [-0.1, -0.05) is 48.5 Å². The molecule has 0 aromatic heterocycles. The number of hydrogen-bond acceptors (Lipinski definition) is 3. The zero-order valence-corrected chi connectivity index (χ0v) is 16.5. The van der Waals surface area contributed by atoms with Crippen molar-refractivity contribution in [3.8, 4) is 0 Å². The Labute approximate surface area is 156 Å². The first-order valence-electron chi connectivity index (χ1n) is 9.11. The van der Waals surface area contributed by atoms with Gasteiger partial charge in [0.1, 0.15) is 6.10 Å². The third kappa shape index (κ3) is 4.00. The van der Waals surface area contributed by atoms with Crippen molar-refractivity contribution in [2.24, 2.45) is 0 Å². The zero-order chi connectivity index (χ0) is 18.7. The van der Waals surface area contributed by atoms with Crippen molar-refractivity contribution < 1.29 is 13.2 Å². The van der Waals surface area contributed by atoms with Crippen LogP contribution in [0.15, 0.2) is 48.5 Å². The molecule has 1 aliphatic carbocycles. The van der Waals surface area contributed by atoms with Crippen molar-refractivity contribution in [3.05, 3.63) is 70.8 Å². The fourth-order valence-corrected chi connectivity index (χ4v) is 4.18. The van der Waals surface area contributed by atoms with Crippen molar-refractivity contribution in [2.45, 2.75) is 31.8 Å². The lowest BCUT2D eigenvalue weighted by Crippen LogP contribution is -2.27. The van der Waals surface area contributed by atoms with Crippen molar-refractivity contribution in [2.75, 3.05) is 26.5 Å². The Bertz CT molecular complexity index is 863. The van der Waals surface area contributed by atoms with E-state index in [2.05, 4.69) is 48.5 Å². The molecule has 0 aliphatic heterocycles. The van der Waals surface area contributed by atoms with Crippen molar-refractivity contribution in [1.82, 2.24) is 4.31 Å². The van der Waals surface area contributed by atoms with Crippen LogP contribution in [0.4, 0.5) is 0 Å². The van der Waals surface area contributed by atoms with Crippen LogP contribution in [0, 0.1) is 0 Å². The maximum Gasteiger partial charge on any atom is 0.210 e. The molecule has 26 heavy (non-hydrogen) atoms. The van der Waals surface area contributed by atoms with Gasteiger partial charge in [-0.3, -0.25) is 0 Å². The summed E-state index contributed by atoms with van der Waals surface area (Å²) in [7, 11) is -1.51. The van der Waals surface area contributed by atoms with Gasteiger partial charge in [-0.15, -0.1) is 0 Å². The van der Waals surface area contributed by atoms with E-state index in [0.717, 1.165) is 12.8 Å². The lowest BCUT2D eigenvalue weighted by molar-refractivity contribution is 0.0908. The van der Waals surface area contributed by atoms with E-state index in [1.165, 1.54) is 32.8 Å². The standard InChI is InChI=1S/C21H27NO3S/c1-4-25-21-19-11-6-5-9-16(19)15-17(13-14-22(2)26(3,23)24)18-10-7-8-12-20(18)21/h5-12,17,21H,4,13-15H2,1-3H3. The third-order valence-electron chi connectivity index (χ3n) is 5.21. The molecule has 0 bridgehead atoms. The molecule has 140 valence electrons. The molecule has 1 aliphatic rings. The second-order valence-electron chi connectivity index (χ2n) is 6.94. The quantitative estimate of drug-likeness (QED) is 0.775. The molecule has 0 heterocycles. The molecule has 3 rings (SSSR count). The summed E-state index contributed by atoms with van der Waals surface area (Å²) >= 11 is 0. The summed E-state index contributed by atoms with van der Waals surface area (Å²) in [6, 6.07) is 16.9. The highest BCUT2D eigenvalue weighted by atomic mass is 32.2. The zero-order valence-electron chi connectivity index (χ0n) is 15.7. The molecule has 2 unspecified atom stereocenters. The lowest BCUT2D eigenvalue weighted by Gasteiger charge is -2.23. The molecule has 4 nitrogen and oxygen atoms in total. The summed E-state index contributed by atoms with van der Waals surface area (Å²) in [6.07, 6.45) is 2.88. The average Bonchev–Trinajstić information content (AvgIpc) is 2.75. The van der Waals surface area contributed by atoms with Crippen LogP contribution >= 0.6 is 0 Å². The van der Waals surface area contributed by atoms with Crippen LogP contribution in [0.3, 0.4) is 0 Å². The van der Waals surface area contributed by atoms with Gasteiger partial charge in [0.15, 0.2) is 0 Å². The first-order valence-corrected chi connectivity index (χ1v) is 11.0. The monoisotopic (exact) mass is 373 g/mol. The highest BCUT2D eigenvalue weighted by molar-refractivity contribution is 7.88. The van der Waals surface area contributed by atoms with Crippen LogP contribution in [-0.2, 0) is 21.2 Å². The molecule has 0 saturated carbocycles. The fourth-order valence-electron chi connectivity index (χ4n) is 3.75. The van der Waals surface area contributed by atoms with Crippen LogP contribution < -0.4 is 0 Å². The molecule has 5 heteroatoms. The Morgan fingerprint density at radius 3 is 2.31 bits per heavy atom. The summed E-state index contributed by atoms with van der Waals surface area (Å²) < 4.78 is 31.1. The van der Waals surface area contributed by atoms with Gasteiger partial charge >= 0.3 is 0 Å². The van der Waals surface area contributed by atoms with Gasteiger partial charge in [0.2, 0.25) is 10.0 Å². The van der Waals surface area contributed by atoms with Gasteiger partial charge in [0, 0.05) is 20.2 Å². The normalized spacial score (nSPS) is 19.7. The summed E-state index contributed by atoms with van der Waals surface area (Å²) in [6.45, 7) is 3.18. The molecule has 0 saturated heterocycles. The number of ether oxygens (including phenoxy) is 1. The second-order valence-corrected chi connectivity index (χ2v) is 9.03. The van der Waals surface area contributed by atoms with Gasteiger partial charge in [0.25, 0.3) is 0 Å². The van der Waals surface area contributed by atoms with E-state index in [1.807, 2.05) is 6.92 Å². The SMILES string of the molecule is CCOC1c2ccccc2CC(CCN(C)S(C)(=O)=O)c2ccccc21. The van der Waals surface area contributed by atoms with Crippen molar-refractivity contribution in [1.29, 1.82) is 0 Å². The molecule has 0 spiro atoms. The average molecular weight is 374 g/mol. The minimum absolute atomic E-state index is 0.0648. The highest BCUT2D eigenvalue weighted by Gasteiger charge is 2.29. The first kappa shape index (κ1) is 19.1. The number of benzene rings is 2. The number of nitrogens with zero attached hydrogens (tertiary/aromatic N) is 1. The smallest absolute Gasteiger partial charge is 0.210 e. The summed E-state index contributed by atoms with van der Waals surface area (Å²) in [5, 5.41) is 0. The fraction of sp³-hybridized carbons (Fsp3) is 0.429. The predicted molar refractivity (Wildman–Crippen MR) is 105 cm³/mol. The minimum Gasteiger partial charge on any atom is -0.369 e. The van der Waals surface area contributed by atoms with Gasteiger partial charge < -0.3 is 4.74 Å². The molecular formula is C21H27NO3S. The Morgan fingerprint density at radius 2 is 1.65 bits per heavy atom. The van der Waals surface area contributed by atoms with Gasteiger partial charge in [-0.25, -0.2) is 12.7 Å². The molecule has 0 radical (unpaired) electrons. The molecule has 0 amide bonds. The highest BCUT2D eigenvalue weighted by Crippen LogP contribution is 2.40. The number of rotatable bonds is 6. The van der Waals surface area contributed by atoms with E-state index in [-0.39, 0.29) is 12.0 Å². The van der Waals surface area contributed by atoms with Crippen LogP contribution in [0.25, 0.3) is 0 Å². The van der Waals surface area contributed by atoms with E-state index in [1.54, 1.807) is 7.05 Å². The van der Waals surface area contributed by atoms with E-state index in [4.69, 9.17) is 4.74 Å². The van der Waals surface area contributed by atoms with Gasteiger partial charge in [-0.05, 0) is 47.9 Å². The molecule has 0 fully saturated rings. The van der Waals surface area contributed by atoms with Gasteiger partial charge in [-0.2, -0.15) is 0 Å². The summed E-state index contributed by atoms with van der Waals surface area (Å²) in [5.41, 5.74) is 4.98. The number of fused-ring (bicyclic) bond motifs is 2. The molecule has 2 aromatic carbocycles. The second kappa shape index (κ2) is 7.91. The van der Waals surface area contributed by atoms with E-state index in [0.29, 0.717) is 13.2 Å². The number of sulfonamides is 1. The Kier molecular flexibility index (Phi) is 5.80. The van der Waals surface area contributed by atoms with Crippen LogP contribution in [-0.4, -0.2) is 39.2 Å².